The maximum Gasteiger partial charge on any atom is 0.417 e. The largest absolute Gasteiger partial charge is 0.497 e. The monoisotopic (exact) mass is 463 g/mol. The highest BCUT2D eigenvalue weighted by molar-refractivity contribution is 7.91. The van der Waals surface area contributed by atoms with E-state index in [4.69, 9.17) is 16.3 Å². The summed E-state index contributed by atoms with van der Waals surface area (Å²) in [5, 5.41) is -0.0566. The van der Waals surface area contributed by atoms with Crippen LogP contribution in [0, 0.1) is 0 Å². The number of aromatic nitrogens is 1. The minimum atomic E-state index is -4.50. The average Bonchev–Trinajstić information content (AvgIpc) is 2.72. The highest BCUT2D eigenvalue weighted by Gasteiger charge is 2.32. The fourth-order valence-electron chi connectivity index (χ4n) is 3.16. The van der Waals surface area contributed by atoms with Crippen LogP contribution in [0.3, 0.4) is 0 Å². The Kier molecular flexibility index (Phi) is 6.78. The van der Waals surface area contributed by atoms with Gasteiger partial charge < -0.3 is 9.64 Å². The molecule has 30 heavy (non-hydrogen) atoms. The zero-order chi connectivity index (χ0) is 21.9. The summed E-state index contributed by atoms with van der Waals surface area (Å²) in [6.07, 6.45) is -3.73. The summed E-state index contributed by atoms with van der Waals surface area (Å²) < 4.78 is 68.5. The number of pyridine rings is 1. The SMILES string of the molecule is COc1cccc(S(=O)(=O)CCN2CCN(c3ncc(C(F)(F)F)cc3Cl)CC2)c1. The third kappa shape index (κ3) is 5.35. The van der Waals surface area contributed by atoms with Crippen LogP contribution in [0.25, 0.3) is 0 Å². The summed E-state index contributed by atoms with van der Waals surface area (Å²) in [6.45, 7) is 2.41. The molecule has 0 aliphatic carbocycles. The lowest BCUT2D eigenvalue weighted by Gasteiger charge is -2.35. The number of rotatable bonds is 6. The fourth-order valence-corrected chi connectivity index (χ4v) is 4.77. The van der Waals surface area contributed by atoms with E-state index in [1.165, 1.54) is 19.2 Å². The second kappa shape index (κ2) is 8.99. The number of sulfone groups is 1. The fraction of sp³-hybridized carbons (Fsp3) is 0.421. The maximum atomic E-state index is 12.8. The molecule has 0 spiro atoms. The molecule has 0 bridgehead atoms. The molecule has 1 saturated heterocycles. The van der Waals surface area contributed by atoms with E-state index in [1.807, 2.05) is 4.90 Å². The lowest BCUT2D eigenvalue weighted by molar-refractivity contribution is -0.137. The molecule has 164 valence electrons. The highest BCUT2D eigenvalue weighted by Crippen LogP contribution is 2.33. The third-order valence-corrected chi connectivity index (χ3v) is 6.87. The Morgan fingerprint density at radius 1 is 1.17 bits per heavy atom. The van der Waals surface area contributed by atoms with Crippen LogP contribution in [0.4, 0.5) is 19.0 Å². The lowest BCUT2D eigenvalue weighted by Crippen LogP contribution is -2.48. The second-order valence-electron chi connectivity index (χ2n) is 6.85. The Morgan fingerprint density at radius 3 is 2.47 bits per heavy atom. The topological polar surface area (TPSA) is 62.7 Å². The molecule has 0 saturated carbocycles. The van der Waals surface area contributed by atoms with E-state index >= 15 is 0 Å². The number of benzene rings is 1. The first-order valence-corrected chi connectivity index (χ1v) is 11.2. The van der Waals surface area contributed by atoms with Crippen LogP contribution in [-0.4, -0.2) is 63.9 Å². The average molecular weight is 464 g/mol. The molecule has 0 unspecified atom stereocenters. The number of piperazine rings is 1. The first kappa shape index (κ1) is 22.6. The standard InChI is InChI=1S/C19H21ClF3N3O3S/c1-29-15-3-2-4-16(12-15)30(27,28)10-9-25-5-7-26(8-6-25)18-17(20)11-14(13-24-18)19(21,22)23/h2-4,11-13H,5-10H2,1H3. The van der Waals surface area contributed by atoms with Gasteiger partial charge in [-0.1, -0.05) is 17.7 Å². The zero-order valence-electron chi connectivity index (χ0n) is 16.2. The second-order valence-corrected chi connectivity index (χ2v) is 9.37. The van der Waals surface area contributed by atoms with Gasteiger partial charge in [-0.3, -0.25) is 4.90 Å². The Hall–Kier alpha value is -2.04. The number of anilines is 1. The van der Waals surface area contributed by atoms with Gasteiger partial charge in [0.2, 0.25) is 0 Å². The van der Waals surface area contributed by atoms with Crippen LogP contribution >= 0.6 is 11.6 Å². The van der Waals surface area contributed by atoms with Crippen LogP contribution in [0.2, 0.25) is 5.02 Å². The molecule has 1 aliphatic heterocycles. The van der Waals surface area contributed by atoms with E-state index < -0.39 is 21.6 Å². The number of halogens is 4. The number of hydrogen-bond donors (Lipinski definition) is 0. The van der Waals surface area contributed by atoms with Crippen molar-refractivity contribution in [2.45, 2.75) is 11.1 Å². The first-order chi connectivity index (χ1) is 14.1. The molecule has 6 nitrogen and oxygen atoms in total. The van der Waals surface area contributed by atoms with Gasteiger partial charge in [-0.05, 0) is 24.3 Å². The van der Waals surface area contributed by atoms with Gasteiger partial charge in [0.1, 0.15) is 11.6 Å². The van der Waals surface area contributed by atoms with Crippen molar-refractivity contribution in [2.75, 3.05) is 50.5 Å². The molecule has 11 heteroatoms. The molecule has 1 fully saturated rings. The lowest BCUT2D eigenvalue weighted by atomic mass is 10.2. The highest BCUT2D eigenvalue weighted by atomic mass is 35.5. The van der Waals surface area contributed by atoms with Crippen molar-refractivity contribution in [3.05, 3.63) is 47.1 Å². The van der Waals surface area contributed by atoms with Crippen LogP contribution in [0.15, 0.2) is 41.4 Å². The van der Waals surface area contributed by atoms with Crippen molar-refractivity contribution in [2.24, 2.45) is 0 Å². The minimum Gasteiger partial charge on any atom is -0.497 e. The Bertz CT molecular complexity index is 994. The van der Waals surface area contributed by atoms with Crippen molar-refractivity contribution >= 4 is 27.3 Å². The van der Waals surface area contributed by atoms with Gasteiger partial charge in [0.05, 0.1) is 28.3 Å². The van der Waals surface area contributed by atoms with Crippen LogP contribution in [0.1, 0.15) is 5.56 Å². The summed E-state index contributed by atoms with van der Waals surface area (Å²) in [6, 6.07) is 7.21. The molecule has 0 N–H and O–H groups in total. The third-order valence-electron chi connectivity index (χ3n) is 4.90. The molecule has 2 aromatic rings. The van der Waals surface area contributed by atoms with Gasteiger partial charge in [-0.25, -0.2) is 13.4 Å². The van der Waals surface area contributed by atoms with Gasteiger partial charge in [0.15, 0.2) is 9.84 Å². The van der Waals surface area contributed by atoms with E-state index in [-0.39, 0.29) is 15.7 Å². The van der Waals surface area contributed by atoms with Gasteiger partial charge in [0, 0.05) is 38.9 Å². The predicted octanol–water partition coefficient (Wildman–Crippen LogP) is 3.36. The molecule has 0 amide bonds. The van der Waals surface area contributed by atoms with Crippen molar-refractivity contribution in [1.82, 2.24) is 9.88 Å². The van der Waals surface area contributed by atoms with Crippen LogP contribution in [-0.2, 0) is 16.0 Å². The molecule has 1 aromatic heterocycles. The number of ether oxygens (including phenoxy) is 1. The number of methoxy groups -OCH3 is 1. The maximum absolute atomic E-state index is 12.8. The van der Waals surface area contributed by atoms with Crippen molar-refractivity contribution in [3.8, 4) is 5.75 Å². The van der Waals surface area contributed by atoms with E-state index in [9.17, 15) is 21.6 Å². The molecule has 2 heterocycles. The first-order valence-electron chi connectivity index (χ1n) is 9.17. The molecule has 0 radical (unpaired) electrons. The van der Waals surface area contributed by atoms with E-state index in [2.05, 4.69) is 4.98 Å². The van der Waals surface area contributed by atoms with Crippen molar-refractivity contribution in [3.63, 3.8) is 0 Å². The molecule has 1 aromatic carbocycles. The van der Waals surface area contributed by atoms with Crippen LogP contribution < -0.4 is 9.64 Å². The van der Waals surface area contributed by atoms with Gasteiger partial charge in [-0.15, -0.1) is 0 Å². The Morgan fingerprint density at radius 2 is 1.87 bits per heavy atom. The van der Waals surface area contributed by atoms with Crippen molar-refractivity contribution in [1.29, 1.82) is 0 Å². The number of hydrogen-bond acceptors (Lipinski definition) is 6. The zero-order valence-corrected chi connectivity index (χ0v) is 17.8. The normalized spacial score (nSPS) is 16.0. The number of alkyl halides is 3. The summed E-state index contributed by atoms with van der Waals surface area (Å²) in [5.74, 6) is 0.735. The van der Waals surface area contributed by atoms with Gasteiger partial charge in [0.25, 0.3) is 0 Å². The Labute approximate surface area is 178 Å². The molecular weight excluding hydrogens is 443 g/mol. The van der Waals surface area contributed by atoms with E-state index in [1.54, 1.807) is 17.0 Å². The summed E-state index contributed by atoms with van der Waals surface area (Å²) in [5.41, 5.74) is -0.891. The summed E-state index contributed by atoms with van der Waals surface area (Å²) in [4.78, 5) is 7.89. The number of nitrogens with zero attached hydrogens (tertiary/aromatic N) is 3. The summed E-state index contributed by atoms with van der Waals surface area (Å²) in [7, 11) is -1.98. The molecule has 0 atom stereocenters. The quantitative estimate of drug-likeness (QED) is 0.654. The van der Waals surface area contributed by atoms with Crippen molar-refractivity contribution < 1.29 is 26.3 Å². The minimum absolute atomic E-state index is 0.0422. The smallest absolute Gasteiger partial charge is 0.417 e. The van der Waals surface area contributed by atoms with Gasteiger partial charge >= 0.3 is 6.18 Å². The van der Waals surface area contributed by atoms with E-state index in [0.29, 0.717) is 44.3 Å². The summed E-state index contributed by atoms with van der Waals surface area (Å²) >= 11 is 6.01. The molecule has 3 rings (SSSR count). The van der Waals surface area contributed by atoms with Gasteiger partial charge in [-0.2, -0.15) is 13.2 Å². The predicted molar refractivity (Wildman–Crippen MR) is 108 cm³/mol. The Balaban J connectivity index is 1.57. The molecular formula is C19H21ClF3N3O3S. The van der Waals surface area contributed by atoms with E-state index in [0.717, 1.165) is 12.3 Å². The molecule has 1 aliphatic rings. The van der Waals surface area contributed by atoms with Crippen LogP contribution in [0.5, 0.6) is 5.75 Å².